The number of halogens is 3. The molecule has 34 heavy (non-hydrogen) atoms. The first-order chi connectivity index (χ1) is 15.3. The molecule has 0 aliphatic rings. The Balaban J connectivity index is 0.00000578. The lowest BCUT2D eigenvalue weighted by molar-refractivity contribution is -0.150. The number of benzene rings is 1. The summed E-state index contributed by atoms with van der Waals surface area (Å²) in [5.41, 5.74) is 4.41. The maximum absolute atomic E-state index is 14.5. The van der Waals surface area contributed by atoms with E-state index in [-0.39, 0.29) is 47.3 Å². The smallest absolute Gasteiger partial charge is 0.324 e. The molecule has 0 radical (unpaired) electrons. The van der Waals surface area contributed by atoms with Gasteiger partial charge in [0.05, 0.1) is 0 Å². The fourth-order valence-electron chi connectivity index (χ4n) is 2.62. The van der Waals surface area contributed by atoms with Gasteiger partial charge in [-0.3, -0.25) is 19.0 Å². The van der Waals surface area contributed by atoms with Crippen LogP contribution in [0.5, 0.6) is 0 Å². The van der Waals surface area contributed by atoms with Crippen LogP contribution in [0.2, 0.25) is 0 Å². The summed E-state index contributed by atoms with van der Waals surface area (Å²) in [7, 11) is 0. The molecule has 0 saturated heterocycles. The minimum absolute atomic E-state index is 0. The Labute approximate surface area is 206 Å². The molecule has 0 saturated carbocycles. The Bertz CT molecular complexity index is 1090. The van der Waals surface area contributed by atoms with E-state index >= 15 is 0 Å². The molecule has 2 aromatic rings. The minimum atomic E-state index is -1.09. The lowest BCUT2D eigenvalue weighted by atomic mass is 9.92. The van der Waals surface area contributed by atoms with Crippen molar-refractivity contribution in [1.82, 2.24) is 4.57 Å². The third-order valence-corrected chi connectivity index (χ3v) is 5.23. The highest BCUT2D eigenvalue weighted by molar-refractivity contribution is 7.07. The number of rotatable bonds is 7. The molecule has 0 bridgehead atoms. The second kappa shape index (κ2) is 12.2. The molecule has 8 nitrogen and oxygen atoms in total. The van der Waals surface area contributed by atoms with Crippen LogP contribution in [0.3, 0.4) is 0 Å². The molecule has 1 aromatic heterocycles. The van der Waals surface area contributed by atoms with Crippen molar-refractivity contribution in [3.8, 4) is 0 Å². The van der Waals surface area contributed by atoms with Crippen LogP contribution in [0.25, 0.3) is 0 Å². The Hall–Kier alpha value is -2.63. The number of ether oxygens (including phenoxy) is 1. The average Bonchev–Trinajstić information content (AvgIpc) is 3.13. The number of amides is 2. The van der Waals surface area contributed by atoms with Gasteiger partial charge in [-0.15, -0.1) is 23.7 Å². The average molecular weight is 519 g/mol. The van der Waals surface area contributed by atoms with Gasteiger partial charge in [-0.05, 0) is 23.5 Å². The maximum Gasteiger partial charge on any atom is 0.324 e. The molecule has 12 heteroatoms. The van der Waals surface area contributed by atoms with Crippen molar-refractivity contribution in [3.05, 3.63) is 45.7 Å². The van der Waals surface area contributed by atoms with Gasteiger partial charge in [-0.25, -0.2) is 8.78 Å². The molecule has 0 unspecified atom stereocenters. The summed E-state index contributed by atoms with van der Waals surface area (Å²) in [6.07, 6.45) is 1.60. The first kappa shape index (κ1) is 29.4. The number of carbonyl (C=O) groups is 3. The van der Waals surface area contributed by atoms with Crippen molar-refractivity contribution in [2.24, 2.45) is 22.1 Å². The third kappa shape index (κ3) is 8.30. The molecule has 0 aliphatic heterocycles. The molecule has 1 aromatic carbocycles. The summed E-state index contributed by atoms with van der Waals surface area (Å²) in [6.45, 7) is 8.79. The summed E-state index contributed by atoms with van der Waals surface area (Å²) in [5, 5.41) is 3.82. The number of thiazole rings is 1. The van der Waals surface area contributed by atoms with Gasteiger partial charge in [-0.1, -0.05) is 34.6 Å². The number of nitrogens with one attached hydrogen (secondary N) is 1. The van der Waals surface area contributed by atoms with E-state index in [1.165, 1.54) is 4.57 Å². The molecule has 0 aliphatic carbocycles. The van der Waals surface area contributed by atoms with Gasteiger partial charge in [0, 0.05) is 23.6 Å². The molecular formula is C22H29ClF2N4O4S. The number of nitrogens with two attached hydrogens (primary N) is 1. The van der Waals surface area contributed by atoms with Gasteiger partial charge in [0.15, 0.2) is 23.2 Å². The molecule has 1 atom stereocenters. The van der Waals surface area contributed by atoms with E-state index < -0.39 is 41.1 Å². The first-order valence-electron chi connectivity index (χ1n) is 10.2. The Kier molecular flexibility index (Phi) is 10.5. The summed E-state index contributed by atoms with van der Waals surface area (Å²) in [4.78, 5) is 40.5. The van der Waals surface area contributed by atoms with Crippen molar-refractivity contribution in [3.63, 3.8) is 0 Å². The maximum atomic E-state index is 14.5. The highest BCUT2D eigenvalue weighted by Gasteiger charge is 2.21. The number of hydrogen-bond acceptors (Lipinski definition) is 6. The molecular weight excluding hydrogens is 490 g/mol. The number of aromatic nitrogens is 1. The third-order valence-electron chi connectivity index (χ3n) is 4.44. The second-order valence-corrected chi connectivity index (χ2v) is 9.91. The van der Waals surface area contributed by atoms with Crippen molar-refractivity contribution >= 4 is 47.2 Å². The summed E-state index contributed by atoms with van der Waals surface area (Å²) < 4.78 is 35.4. The first-order valence-corrected chi connectivity index (χ1v) is 11.1. The molecule has 2 rings (SSSR count). The fourth-order valence-corrected chi connectivity index (χ4v) is 3.33. The van der Waals surface area contributed by atoms with Crippen molar-refractivity contribution in [1.29, 1.82) is 0 Å². The quantitative estimate of drug-likeness (QED) is 0.540. The predicted octanol–water partition coefficient (Wildman–Crippen LogP) is 3.85. The number of anilines is 1. The largest absolute Gasteiger partial charge is 0.443 e. The zero-order valence-electron chi connectivity index (χ0n) is 19.6. The normalized spacial score (nSPS) is 12.8. The lowest BCUT2D eigenvalue weighted by Gasteiger charge is -2.17. The number of carbonyl (C=O) groups excluding carboxylic acids is 3. The second-order valence-electron chi connectivity index (χ2n) is 9.04. The highest BCUT2D eigenvalue weighted by Crippen LogP contribution is 2.24. The molecule has 3 N–H and O–H groups in total. The SMILES string of the molecule is CC(C)[C@H](N)C(=O)OCn1ccsc1=NC(=O)c1cc(F)c(NC(=O)CC(C)(C)C)c(F)c1.Cl. The van der Waals surface area contributed by atoms with E-state index in [4.69, 9.17) is 10.5 Å². The van der Waals surface area contributed by atoms with E-state index in [1.807, 2.05) is 20.8 Å². The molecule has 0 fully saturated rings. The Morgan fingerprint density at radius 2 is 1.79 bits per heavy atom. The van der Waals surface area contributed by atoms with Crippen LogP contribution >= 0.6 is 23.7 Å². The lowest BCUT2D eigenvalue weighted by Crippen LogP contribution is -2.37. The van der Waals surface area contributed by atoms with E-state index in [1.54, 1.807) is 25.4 Å². The van der Waals surface area contributed by atoms with E-state index in [2.05, 4.69) is 10.3 Å². The van der Waals surface area contributed by atoms with Gasteiger partial charge >= 0.3 is 5.97 Å². The van der Waals surface area contributed by atoms with E-state index in [9.17, 15) is 23.2 Å². The zero-order chi connectivity index (χ0) is 24.9. The Morgan fingerprint density at radius 3 is 2.32 bits per heavy atom. The van der Waals surface area contributed by atoms with Gasteiger partial charge in [0.2, 0.25) is 5.91 Å². The standard InChI is InChI=1S/C22H28F2N4O4S.ClH/c1-12(2)17(25)20(31)32-11-28-6-7-33-21(28)27-19(30)13-8-14(23)18(15(24)9-13)26-16(29)10-22(3,4)5;/h6-9,12,17H,10-11,25H2,1-5H3,(H,26,29);1H/t17-;/m0./s1. The van der Waals surface area contributed by atoms with Crippen LogP contribution in [-0.2, 0) is 21.1 Å². The summed E-state index contributed by atoms with van der Waals surface area (Å²) in [5.74, 6) is -4.34. The van der Waals surface area contributed by atoms with E-state index in [0.29, 0.717) is 0 Å². The minimum Gasteiger partial charge on any atom is -0.443 e. The van der Waals surface area contributed by atoms with E-state index in [0.717, 1.165) is 23.5 Å². The molecule has 188 valence electrons. The number of nitrogens with zero attached hydrogens (tertiary/aromatic N) is 2. The van der Waals surface area contributed by atoms with Crippen LogP contribution in [0.1, 0.15) is 51.4 Å². The van der Waals surface area contributed by atoms with Gasteiger partial charge in [0.25, 0.3) is 5.91 Å². The predicted molar refractivity (Wildman–Crippen MR) is 127 cm³/mol. The monoisotopic (exact) mass is 518 g/mol. The molecule has 2 amide bonds. The van der Waals surface area contributed by atoms with Gasteiger partial charge in [0.1, 0.15) is 11.7 Å². The number of hydrogen-bond donors (Lipinski definition) is 2. The van der Waals surface area contributed by atoms with Crippen LogP contribution in [0.15, 0.2) is 28.7 Å². The molecule has 0 spiro atoms. The summed E-state index contributed by atoms with van der Waals surface area (Å²) in [6, 6.07) is 0.822. The fraction of sp³-hybridized carbons (Fsp3) is 0.455. The van der Waals surface area contributed by atoms with Crippen LogP contribution in [0.4, 0.5) is 14.5 Å². The van der Waals surface area contributed by atoms with Crippen molar-refractivity contribution < 1.29 is 27.9 Å². The van der Waals surface area contributed by atoms with Crippen LogP contribution in [0, 0.1) is 23.0 Å². The zero-order valence-corrected chi connectivity index (χ0v) is 21.2. The van der Waals surface area contributed by atoms with Crippen LogP contribution in [-0.4, -0.2) is 28.4 Å². The van der Waals surface area contributed by atoms with Crippen molar-refractivity contribution in [2.45, 2.75) is 53.8 Å². The highest BCUT2D eigenvalue weighted by atomic mass is 35.5. The van der Waals surface area contributed by atoms with Crippen molar-refractivity contribution in [2.75, 3.05) is 5.32 Å². The summed E-state index contributed by atoms with van der Waals surface area (Å²) >= 11 is 1.07. The van der Waals surface area contributed by atoms with Gasteiger partial charge < -0.3 is 15.8 Å². The topological polar surface area (TPSA) is 116 Å². The Morgan fingerprint density at radius 1 is 1.21 bits per heavy atom. The van der Waals surface area contributed by atoms with Gasteiger partial charge in [-0.2, -0.15) is 4.99 Å². The molecule has 1 heterocycles. The van der Waals surface area contributed by atoms with Crippen LogP contribution < -0.4 is 15.9 Å². The number of esters is 1.